The number of nitrogens with one attached hydrogen (secondary N) is 2. The summed E-state index contributed by atoms with van der Waals surface area (Å²) in [5, 5.41) is 13.5. The zero-order valence-corrected chi connectivity index (χ0v) is 11.2. The number of carbonyl (C=O) groups excluding carboxylic acids is 1. The third-order valence-electron chi connectivity index (χ3n) is 2.04. The van der Waals surface area contributed by atoms with E-state index in [2.05, 4.69) is 10.6 Å². The molecule has 96 valence electrons. The van der Waals surface area contributed by atoms with E-state index in [0.29, 0.717) is 9.23 Å². The number of allylic oxidation sites excluding steroid dienone is 1. The number of aromatic hydroxyl groups is 1. The van der Waals surface area contributed by atoms with Gasteiger partial charge in [-0.3, -0.25) is 14.4 Å². The second-order valence-electron chi connectivity index (χ2n) is 3.13. The van der Waals surface area contributed by atoms with Crippen LogP contribution in [-0.2, 0) is 4.79 Å². The predicted molar refractivity (Wildman–Crippen MR) is 74.7 cm³/mol. The van der Waals surface area contributed by atoms with Crippen molar-refractivity contribution in [2.45, 2.75) is 6.92 Å². The maximum absolute atomic E-state index is 10.7. The van der Waals surface area contributed by atoms with E-state index in [4.69, 9.17) is 17.3 Å². The summed E-state index contributed by atoms with van der Waals surface area (Å²) in [6.07, 6.45) is 1.75. The van der Waals surface area contributed by atoms with E-state index >= 15 is 0 Å². The van der Waals surface area contributed by atoms with Crippen molar-refractivity contribution in [3.05, 3.63) is 31.4 Å². The number of amides is 1. The molecule has 1 aromatic rings. The van der Waals surface area contributed by atoms with Crippen LogP contribution in [0.2, 0.25) is 0 Å². The Hall–Kier alpha value is -1.67. The van der Waals surface area contributed by atoms with Crippen molar-refractivity contribution >= 4 is 39.9 Å². The first-order valence-corrected chi connectivity index (χ1v) is 6.04. The molecule has 0 unspecified atom stereocenters. The van der Waals surface area contributed by atoms with E-state index in [0.717, 1.165) is 0 Å². The van der Waals surface area contributed by atoms with Crippen molar-refractivity contribution in [3.8, 4) is 5.75 Å². The highest BCUT2D eigenvalue weighted by Gasteiger charge is 2.20. The SMILES string of the molecule is C/C=C1\SC(=S)NC1=O.CNc1c(O)c(=O)c1=O. The molecule has 3 N–H and O–H groups in total. The Bertz CT molecular complexity index is 599. The van der Waals surface area contributed by atoms with E-state index in [1.165, 1.54) is 18.8 Å². The topological polar surface area (TPSA) is 95.5 Å². The molecule has 1 fully saturated rings. The molecule has 1 saturated heterocycles. The van der Waals surface area contributed by atoms with E-state index in [1.54, 1.807) is 6.08 Å². The van der Waals surface area contributed by atoms with Crippen LogP contribution in [0.3, 0.4) is 0 Å². The molecule has 1 aliphatic heterocycles. The van der Waals surface area contributed by atoms with Gasteiger partial charge >= 0.3 is 0 Å². The van der Waals surface area contributed by atoms with Crippen LogP contribution in [0, 0.1) is 0 Å². The monoisotopic (exact) mass is 286 g/mol. The van der Waals surface area contributed by atoms with Crippen LogP contribution in [0.15, 0.2) is 20.6 Å². The Morgan fingerprint density at radius 1 is 1.33 bits per heavy atom. The highest BCUT2D eigenvalue weighted by Crippen LogP contribution is 2.22. The molecule has 18 heavy (non-hydrogen) atoms. The molecule has 0 saturated carbocycles. The fourth-order valence-electron chi connectivity index (χ4n) is 1.13. The number of carbonyl (C=O) groups is 1. The van der Waals surface area contributed by atoms with Crippen molar-refractivity contribution in [3.63, 3.8) is 0 Å². The molecule has 0 atom stereocenters. The summed E-state index contributed by atoms with van der Waals surface area (Å²) >= 11 is 6.04. The van der Waals surface area contributed by atoms with Gasteiger partial charge in [0.25, 0.3) is 16.8 Å². The van der Waals surface area contributed by atoms with Gasteiger partial charge in [0.15, 0.2) is 5.75 Å². The van der Waals surface area contributed by atoms with Gasteiger partial charge in [0.2, 0.25) is 0 Å². The lowest BCUT2D eigenvalue weighted by atomic mass is 10.2. The Morgan fingerprint density at radius 2 is 1.94 bits per heavy atom. The first-order chi connectivity index (χ1) is 8.42. The molecular weight excluding hydrogens is 276 g/mol. The summed E-state index contributed by atoms with van der Waals surface area (Å²) in [4.78, 5) is 32.0. The van der Waals surface area contributed by atoms with Crippen LogP contribution in [-0.4, -0.2) is 22.4 Å². The average molecular weight is 286 g/mol. The van der Waals surface area contributed by atoms with Crippen LogP contribution in [0.1, 0.15) is 6.92 Å². The second kappa shape index (κ2) is 5.78. The fourth-order valence-corrected chi connectivity index (χ4v) is 2.09. The summed E-state index contributed by atoms with van der Waals surface area (Å²) in [6, 6.07) is 0. The van der Waals surface area contributed by atoms with Crippen LogP contribution < -0.4 is 21.5 Å². The molecule has 1 aliphatic rings. The highest BCUT2D eigenvalue weighted by molar-refractivity contribution is 8.26. The van der Waals surface area contributed by atoms with Crippen molar-refractivity contribution in [1.82, 2.24) is 5.32 Å². The Labute approximate surface area is 112 Å². The van der Waals surface area contributed by atoms with E-state index in [9.17, 15) is 14.4 Å². The number of hydrogen-bond donors (Lipinski definition) is 3. The smallest absolute Gasteiger partial charge is 0.271 e. The third kappa shape index (κ3) is 2.77. The lowest BCUT2D eigenvalue weighted by Gasteiger charge is -2.01. The molecule has 0 spiro atoms. The number of thioether (sulfide) groups is 1. The molecule has 0 bridgehead atoms. The van der Waals surface area contributed by atoms with Gasteiger partial charge in [0, 0.05) is 7.05 Å². The van der Waals surface area contributed by atoms with Gasteiger partial charge in [-0.05, 0) is 6.92 Å². The fraction of sp³-hybridized carbons (Fsp3) is 0.200. The van der Waals surface area contributed by atoms with Crippen molar-refractivity contribution in [2.75, 3.05) is 12.4 Å². The number of anilines is 1. The highest BCUT2D eigenvalue weighted by atomic mass is 32.2. The number of hydrogen-bond acceptors (Lipinski definition) is 7. The predicted octanol–water partition coefficient (Wildman–Crippen LogP) is 0.0680. The summed E-state index contributed by atoms with van der Waals surface area (Å²) < 4.78 is 0.549. The van der Waals surface area contributed by atoms with Crippen molar-refractivity contribution in [2.24, 2.45) is 0 Å². The van der Waals surface area contributed by atoms with Crippen molar-refractivity contribution < 1.29 is 9.90 Å². The van der Waals surface area contributed by atoms with Crippen molar-refractivity contribution in [1.29, 1.82) is 0 Å². The van der Waals surface area contributed by atoms with E-state index in [1.807, 2.05) is 6.92 Å². The molecule has 1 amide bonds. The van der Waals surface area contributed by atoms with Gasteiger partial charge in [0.1, 0.15) is 10.0 Å². The minimum Gasteiger partial charge on any atom is -0.502 e. The first kappa shape index (κ1) is 14.4. The standard InChI is InChI=1S/C5H5NO3.C5H5NOS2/c1-6-2-3(7)5(9)4(2)8;1-2-3-4(7)6-5(8)9-3/h6-7H,1H3;2H,1H3,(H,6,7,8)/b;3-2-. The quantitative estimate of drug-likeness (QED) is 0.382. The molecule has 1 aromatic carbocycles. The van der Waals surface area contributed by atoms with E-state index in [-0.39, 0.29) is 11.6 Å². The average Bonchev–Trinajstić information content (AvgIpc) is 2.68. The maximum Gasteiger partial charge on any atom is 0.271 e. The number of rotatable bonds is 1. The Balaban J connectivity index is 0.000000180. The Kier molecular flexibility index (Phi) is 4.62. The zero-order chi connectivity index (χ0) is 13.9. The largest absolute Gasteiger partial charge is 0.502 e. The van der Waals surface area contributed by atoms with Gasteiger partial charge in [-0.1, -0.05) is 30.1 Å². The normalized spacial score (nSPS) is 16.4. The third-order valence-corrected chi connectivity index (χ3v) is 3.32. The second-order valence-corrected chi connectivity index (χ2v) is 4.85. The van der Waals surface area contributed by atoms with Gasteiger partial charge in [-0.25, -0.2) is 0 Å². The molecule has 1 heterocycles. The molecular formula is C10H10N2O4S2. The van der Waals surface area contributed by atoms with Crippen LogP contribution in [0.4, 0.5) is 5.69 Å². The summed E-state index contributed by atoms with van der Waals surface area (Å²) in [7, 11) is 1.47. The first-order valence-electron chi connectivity index (χ1n) is 4.81. The minimum atomic E-state index is -0.806. The van der Waals surface area contributed by atoms with Gasteiger partial charge < -0.3 is 15.7 Å². The van der Waals surface area contributed by atoms with Gasteiger partial charge in [-0.2, -0.15) is 0 Å². The molecule has 0 radical (unpaired) electrons. The summed E-state index contributed by atoms with van der Waals surface area (Å²) in [5.41, 5.74) is -1.44. The molecule has 6 nitrogen and oxygen atoms in total. The summed E-state index contributed by atoms with van der Waals surface area (Å²) in [5.74, 6) is -0.532. The lowest BCUT2D eigenvalue weighted by Crippen LogP contribution is -2.32. The molecule has 0 aromatic heterocycles. The maximum atomic E-state index is 10.7. The number of thiocarbonyl (C=S) groups is 1. The zero-order valence-electron chi connectivity index (χ0n) is 9.57. The Morgan fingerprint density at radius 3 is 2.17 bits per heavy atom. The molecule has 8 heteroatoms. The molecule has 2 rings (SSSR count). The van der Waals surface area contributed by atoms with E-state index < -0.39 is 16.6 Å². The molecule has 0 aliphatic carbocycles. The minimum absolute atomic E-state index is 0.0139. The van der Waals surface area contributed by atoms with Crippen LogP contribution in [0.5, 0.6) is 5.75 Å². The van der Waals surface area contributed by atoms with Gasteiger partial charge in [-0.15, -0.1) is 0 Å². The van der Waals surface area contributed by atoms with Gasteiger partial charge in [0.05, 0.1) is 4.91 Å². The van der Waals surface area contributed by atoms with Crippen LogP contribution in [0.25, 0.3) is 0 Å². The lowest BCUT2D eigenvalue weighted by molar-refractivity contribution is -0.115. The van der Waals surface area contributed by atoms with Crippen LogP contribution >= 0.6 is 24.0 Å². The summed E-state index contributed by atoms with van der Waals surface area (Å²) in [6.45, 7) is 1.82.